The van der Waals surface area contributed by atoms with Crippen LogP contribution in [0.4, 0.5) is 0 Å². The standard InChI is InChI=1S/C15H32N2O/c1-13(2)9-17-7-8-18-14(11-17)10-16(6)12-15(3,4)5/h13-14H,7-12H2,1-6H3/t14-/m0/s1. The average Bonchev–Trinajstić information content (AvgIpc) is 2.13. The molecule has 0 aromatic carbocycles. The molecule has 0 unspecified atom stereocenters. The molecule has 1 atom stereocenters. The van der Waals surface area contributed by atoms with E-state index in [1.807, 2.05) is 0 Å². The first-order chi connectivity index (χ1) is 8.26. The highest BCUT2D eigenvalue weighted by Gasteiger charge is 2.23. The van der Waals surface area contributed by atoms with E-state index in [4.69, 9.17) is 4.74 Å². The molecule has 3 heteroatoms. The highest BCUT2D eigenvalue weighted by molar-refractivity contribution is 4.76. The second-order valence-electron chi connectivity index (χ2n) is 7.40. The molecular weight excluding hydrogens is 224 g/mol. The van der Waals surface area contributed by atoms with Gasteiger partial charge >= 0.3 is 0 Å². The van der Waals surface area contributed by atoms with Crippen molar-refractivity contribution < 1.29 is 4.74 Å². The molecule has 0 N–H and O–H groups in total. The molecule has 0 aromatic heterocycles. The maximum atomic E-state index is 5.89. The van der Waals surface area contributed by atoms with Gasteiger partial charge in [-0.3, -0.25) is 4.90 Å². The quantitative estimate of drug-likeness (QED) is 0.751. The van der Waals surface area contributed by atoms with Crippen LogP contribution in [0, 0.1) is 11.3 Å². The number of hydrogen-bond acceptors (Lipinski definition) is 3. The van der Waals surface area contributed by atoms with Crippen molar-refractivity contribution in [3.63, 3.8) is 0 Å². The molecule has 0 aliphatic carbocycles. The Bertz CT molecular complexity index is 235. The van der Waals surface area contributed by atoms with E-state index in [2.05, 4.69) is 51.5 Å². The molecule has 1 aliphatic heterocycles. The summed E-state index contributed by atoms with van der Waals surface area (Å²) >= 11 is 0. The van der Waals surface area contributed by atoms with Gasteiger partial charge in [0.1, 0.15) is 0 Å². The monoisotopic (exact) mass is 256 g/mol. The van der Waals surface area contributed by atoms with Crippen LogP contribution >= 0.6 is 0 Å². The lowest BCUT2D eigenvalue weighted by molar-refractivity contribution is -0.0456. The predicted octanol–water partition coefficient (Wildman–Crippen LogP) is 2.32. The zero-order valence-electron chi connectivity index (χ0n) is 13.2. The van der Waals surface area contributed by atoms with Crippen LogP contribution in [-0.2, 0) is 4.74 Å². The van der Waals surface area contributed by atoms with E-state index in [9.17, 15) is 0 Å². The van der Waals surface area contributed by atoms with Gasteiger partial charge in [-0.15, -0.1) is 0 Å². The largest absolute Gasteiger partial charge is 0.374 e. The SMILES string of the molecule is CC(C)CN1CCO[C@@H](CN(C)CC(C)(C)C)C1. The Kier molecular flexibility index (Phi) is 6.09. The zero-order valence-corrected chi connectivity index (χ0v) is 13.2. The molecule has 0 aromatic rings. The minimum atomic E-state index is 0.362. The fourth-order valence-electron chi connectivity index (χ4n) is 2.80. The summed E-state index contributed by atoms with van der Waals surface area (Å²) in [5.74, 6) is 0.746. The molecule has 0 amide bonds. The third kappa shape index (κ3) is 6.72. The first-order valence-corrected chi connectivity index (χ1v) is 7.29. The average molecular weight is 256 g/mol. The minimum absolute atomic E-state index is 0.362. The van der Waals surface area contributed by atoms with Gasteiger partial charge in [0.2, 0.25) is 0 Å². The minimum Gasteiger partial charge on any atom is -0.374 e. The van der Waals surface area contributed by atoms with Crippen molar-refractivity contribution in [3.8, 4) is 0 Å². The molecule has 3 nitrogen and oxygen atoms in total. The highest BCUT2D eigenvalue weighted by Crippen LogP contribution is 2.15. The van der Waals surface area contributed by atoms with Gasteiger partial charge in [-0.25, -0.2) is 0 Å². The summed E-state index contributed by atoms with van der Waals surface area (Å²) in [6.07, 6.45) is 0.379. The Morgan fingerprint density at radius 1 is 1.33 bits per heavy atom. The van der Waals surface area contributed by atoms with Crippen LogP contribution in [0.1, 0.15) is 34.6 Å². The van der Waals surface area contributed by atoms with Gasteiger partial charge in [0, 0.05) is 32.7 Å². The maximum Gasteiger partial charge on any atom is 0.0829 e. The van der Waals surface area contributed by atoms with Gasteiger partial charge in [0.15, 0.2) is 0 Å². The second-order valence-corrected chi connectivity index (χ2v) is 7.40. The summed E-state index contributed by atoms with van der Waals surface area (Å²) in [5.41, 5.74) is 0.362. The molecule has 18 heavy (non-hydrogen) atoms. The molecule has 1 saturated heterocycles. The second kappa shape index (κ2) is 6.88. The molecule has 0 radical (unpaired) electrons. The number of morpholine rings is 1. The Labute approximate surface area is 113 Å². The van der Waals surface area contributed by atoms with Crippen molar-refractivity contribution in [1.82, 2.24) is 9.80 Å². The highest BCUT2D eigenvalue weighted by atomic mass is 16.5. The number of hydrogen-bond donors (Lipinski definition) is 0. The van der Waals surface area contributed by atoms with E-state index >= 15 is 0 Å². The topological polar surface area (TPSA) is 15.7 Å². The fourth-order valence-corrected chi connectivity index (χ4v) is 2.80. The van der Waals surface area contributed by atoms with Crippen molar-refractivity contribution in [2.45, 2.75) is 40.7 Å². The first kappa shape index (κ1) is 15.9. The Morgan fingerprint density at radius 3 is 2.56 bits per heavy atom. The van der Waals surface area contributed by atoms with Crippen molar-refractivity contribution in [2.24, 2.45) is 11.3 Å². The molecule has 0 spiro atoms. The molecule has 0 bridgehead atoms. The van der Waals surface area contributed by atoms with Crippen molar-refractivity contribution in [3.05, 3.63) is 0 Å². The first-order valence-electron chi connectivity index (χ1n) is 7.29. The van der Waals surface area contributed by atoms with Crippen LogP contribution in [-0.4, -0.2) is 62.3 Å². The van der Waals surface area contributed by atoms with Gasteiger partial charge < -0.3 is 9.64 Å². The van der Waals surface area contributed by atoms with Crippen molar-refractivity contribution in [2.75, 3.05) is 46.4 Å². The molecular formula is C15H32N2O. The Morgan fingerprint density at radius 2 is 2.00 bits per heavy atom. The van der Waals surface area contributed by atoms with Crippen molar-refractivity contribution >= 4 is 0 Å². The van der Waals surface area contributed by atoms with Gasteiger partial charge in [0.05, 0.1) is 12.7 Å². The summed E-state index contributed by atoms with van der Waals surface area (Å²) in [6, 6.07) is 0. The molecule has 1 rings (SSSR count). The van der Waals surface area contributed by atoms with E-state index in [1.54, 1.807) is 0 Å². The lowest BCUT2D eigenvalue weighted by Crippen LogP contribution is -2.48. The summed E-state index contributed by atoms with van der Waals surface area (Å²) < 4.78 is 5.89. The summed E-state index contributed by atoms with van der Waals surface area (Å²) in [5, 5.41) is 0. The predicted molar refractivity (Wildman–Crippen MR) is 78.0 cm³/mol. The van der Waals surface area contributed by atoms with E-state index in [0.717, 1.165) is 38.7 Å². The molecule has 1 fully saturated rings. The molecule has 1 aliphatic rings. The van der Waals surface area contributed by atoms with Gasteiger partial charge in [-0.05, 0) is 18.4 Å². The molecule has 108 valence electrons. The number of nitrogens with zero attached hydrogens (tertiary/aromatic N) is 2. The summed E-state index contributed by atoms with van der Waals surface area (Å²) in [7, 11) is 2.20. The van der Waals surface area contributed by atoms with Crippen LogP contribution in [0.5, 0.6) is 0 Å². The van der Waals surface area contributed by atoms with E-state index in [-0.39, 0.29) is 0 Å². The fraction of sp³-hybridized carbons (Fsp3) is 1.00. The molecule has 1 heterocycles. The van der Waals surface area contributed by atoms with E-state index in [1.165, 1.54) is 6.54 Å². The van der Waals surface area contributed by atoms with Crippen LogP contribution in [0.3, 0.4) is 0 Å². The Balaban J connectivity index is 2.33. The molecule has 0 saturated carbocycles. The normalized spacial score (nSPS) is 23.0. The van der Waals surface area contributed by atoms with Crippen LogP contribution in [0.15, 0.2) is 0 Å². The van der Waals surface area contributed by atoms with Gasteiger partial charge in [-0.1, -0.05) is 34.6 Å². The van der Waals surface area contributed by atoms with Crippen molar-refractivity contribution in [1.29, 1.82) is 0 Å². The van der Waals surface area contributed by atoms with Gasteiger partial charge in [0.25, 0.3) is 0 Å². The maximum absolute atomic E-state index is 5.89. The number of likely N-dealkylation sites (N-methyl/N-ethyl adjacent to an activating group) is 1. The zero-order chi connectivity index (χ0) is 13.8. The summed E-state index contributed by atoms with van der Waals surface area (Å²) in [6.45, 7) is 17.9. The number of ether oxygens (including phenoxy) is 1. The lowest BCUT2D eigenvalue weighted by atomic mass is 9.96. The van der Waals surface area contributed by atoms with Crippen LogP contribution < -0.4 is 0 Å². The summed E-state index contributed by atoms with van der Waals surface area (Å²) in [4.78, 5) is 4.95. The number of rotatable bonds is 5. The van der Waals surface area contributed by atoms with Crippen LogP contribution in [0.25, 0.3) is 0 Å². The van der Waals surface area contributed by atoms with Crippen LogP contribution in [0.2, 0.25) is 0 Å². The van der Waals surface area contributed by atoms with E-state index in [0.29, 0.717) is 11.5 Å². The smallest absolute Gasteiger partial charge is 0.0829 e. The third-order valence-corrected chi connectivity index (χ3v) is 3.11. The lowest BCUT2D eigenvalue weighted by Gasteiger charge is -2.36. The van der Waals surface area contributed by atoms with E-state index < -0.39 is 0 Å². The van der Waals surface area contributed by atoms with Gasteiger partial charge in [-0.2, -0.15) is 0 Å². The Hall–Kier alpha value is -0.120. The third-order valence-electron chi connectivity index (χ3n) is 3.11.